The fourth-order valence-corrected chi connectivity index (χ4v) is 3.15. The van der Waals surface area contributed by atoms with E-state index >= 15 is 0 Å². The Kier molecular flexibility index (Phi) is 4.97. The van der Waals surface area contributed by atoms with E-state index < -0.39 is 26.4 Å². The molecule has 0 atom stereocenters. The van der Waals surface area contributed by atoms with Crippen LogP contribution in [0.4, 0.5) is 11.4 Å². The van der Waals surface area contributed by atoms with Crippen LogP contribution in [0.15, 0.2) is 53.4 Å². The van der Waals surface area contributed by atoms with Crippen LogP contribution >= 0.6 is 11.6 Å². The zero-order valence-corrected chi connectivity index (χ0v) is 13.2. The molecule has 2 rings (SSSR count). The lowest BCUT2D eigenvalue weighted by molar-refractivity contribution is -0.384. The molecule has 0 bridgehead atoms. The third-order valence-electron chi connectivity index (χ3n) is 2.85. The van der Waals surface area contributed by atoms with Gasteiger partial charge in [-0.1, -0.05) is 29.8 Å². The van der Waals surface area contributed by atoms with Crippen LogP contribution in [-0.4, -0.2) is 25.0 Å². The predicted molar refractivity (Wildman–Crippen MR) is 85.2 cm³/mol. The van der Waals surface area contributed by atoms with Gasteiger partial charge in [0.05, 0.1) is 9.82 Å². The zero-order valence-electron chi connectivity index (χ0n) is 11.6. The molecule has 0 heterocycles. The fourth-order valence-electron chi connectivity index (χ4n) is 1.81. The molecule has 0 aliphatic rings. The van der Waals surface area contributed by atoms with Gasteiger partial charge in [-0.25, -0.2) is 8.42 Å². The summed E-state index contributed by atoms with van der Waals surface area (Å²) >= 11 is 5.66. The maximum absolute atomic E-state index is 12.1. The van der Waals surface area contributed by atoms with Crippen molar-refractivity contribution in [3.8, 4) is 0 Å². The molecular formula is C14H11ClN2O5S. The average molecular weight is 355 g/mol. The number of carbonyl (C=O) groups is 1. The van der Waals surface area contributed by atoms with Gasteiger partial charge in [0, 0.05) is 11.8 Å². The van der Waals surface area contributed by atoms with E-state index in [1.807, 2.05) is 0 Å². The minimum atomic E-state index is -3.79. The van der Waals surface area contributed by atoms with Crippen molar-refractivity contribution in [3.05, 3.63) is 63.7 Å². The lowest BCUT2D eigenvalue weighted by Crippen LogP contribution is -2.23. The molecule has 2 aromatic rings. The quantitative estimate of drug-likeness (QED) is 0.656. The van der Waals surface area contributed by atoms with Crippen molar-refractivity contribution in [3.63, 3.8) is 0 Å². The van der Waals surface area contributed by atoms with Gasteiger partial charge in [-0.05, 0) is 24.3 Å². The van der Waals surface area contributed by atoms with E-state index in [9.17, 15) is 23.3 Å². The first-order valence-corrected chi connectivity index (χ1v) is 8.34. The summed E-state index contributed by atoms with van der Waals surface area (Å²) in [6.07, 6.45) is 0. The molecule has 2 aromatic carbocycles. The lowest BCUT2D eigenvalue weighted by atomic mass is 10.3. The second kappa shape index (κ2) is 6.76. The lowest BCUT2D eigenvalue weighted by Gasteiger charge is -2.07. The van der Waals surface area contributed by atoms with Crippen LogP contribution in [0.1, 0.15) is 0 Å². The first kappa shape index (κ1) is 16.9. The number of hydrogen-bond acceptors (Lipinski definition) is 5. The smallest absolute Gasteiger partial charge is 0.289 e. The molecule has 0 radical (unpaired) electrons. The molecule has 0 aliphatic heterocycles. The Morgan fingerprint density at radius 2 is 1.83 bits per heavy atom. The summed E-state index contributed by atoms with van der Waals surface area (Å²) in [7, 11) is -3.79. The Morgan fingerprint density at radius 1 is 1.17 bits per heavy atom. The van der Waals surface area contributed by atoms with E-state index in [1.165, 1.54) is 24.3 Å². The molecule has 0 aromatic heterocycles. The van der Waals surface area contributed by atoms with E-state index in [-0.39, 0.29) is 21.3 Å². The Labute approximate surface area is 137 Å². The minimum absolute atomic E-state index is 0.0252. The molecule has 0 spiro atoms. The highest BCUT2D eigenvalue weighted by Gasteiger charge is 2.20. The Balaban J connectivity index is 2.14. The van der Waals surface area contributed by atoms with Crippen molar-refractivity contribution in [2.45, 2.75) is 4.90 Å². The zero-order chi connectivity index (χ0) is 17.0. The molecule has 7 nitrogen and oxygen atoms in total. The molecule has 23 heavy (non-hydrogen) atoms. The van der Waals surface area contributed by atoms with E-state index in [0.717, 1.165) is 6.07 Å². The summed E-state index contributed by atoms with van der Waals surface area (Å²) < 4.78 is 24.1. The molecule has 0 saturated heterocycles. The number of nitro groups is 1. The van der Waals surface area contributed by atoms with Gasteiger partial charge in [0.1, 0.15) is 10.8 Å². The van der Waals surface area contributed by atoms with Gasteiger partial charge in [-0.15, -0.1) is 0 Å². The summed E-state index contributed by atoms with van der Waals surface area (Å²) in [5.41, 5.74) is -0.287. The van der Waals surface area contributed by atoms with Crippen molar-refractivity contribution in [1.82, 2.24) is 0 Å². The summed E-state index contributed by atoms with van der Waals surface area (Å²) in [5, 5.41) is 13.0. The highest BCUT2D eigenvalue weighted by Crippen LogP contribution is 2.27. The van der Waals surface area contributed by atoms with Crippen molar-refractivity contribution in [1.29, 1.82) is 0 Å². The number of halogens is 1. The molecule has 0 unspecified atom stereocenters. The van der Waals surface area contributed by atoms with Crippen LogP contribution in [-0.2, 0) is 14.6 Å². The number of amides is 1. The van der Waals surface area contributed by atoms with Crippen LogP contribution in [0.25, 0.3) is 0 Å². The van der Waals surface area contributed by atoms with Gasteiger partial charge in [0.25, 0.3) is 5.69 Å². The van der Waals surface area contributed by atoms with Gasteiger partial charge in [-0.2, -0.15) is 0 Å². The molecule has 120 valence electrons. The van der Waals surface area contributed by atoms with E-state index in [2.05, 4.69) is 5.32 Å². The van der Waals surface area contributed by atoms with Gasteiger partial charge >= 0.3 is 0 Å². The third-order valence-corrected chi connectivity index (χ3v) is 4.80. The van der Waals surface area contributed by atoms with Crippen molar-refractivity contribution in [2.75, 3.05) is 11.1 Å². The molecule has 0 fully saturated rings. The number of sulfone groups is 1. The topological polar surface area (TPSA) is 106 Å². The van der Waals surface area contributed by atoms with Gasteiger partial charge in [-0.3, -0.25) is 14.9 Å². The normalized spacial score (nSPS) is 11.0. The summed E-state index contributed by atoms with van der Waals surface area (Å²) in [5.74, 6) is -1.57. The summed E-state index contributed by atoms with van der Waals surface area (Å²) in [4.78, 5) is 22.0. The van der Waals surface area contributed by atoms with E-state index in [0.29, 0.717) is 0 Å². The molecule has 1 N–H and O–H groups in total. The number of nitrogens with one attached hydrogen (secondary N) is 1. The van der Waals surface area contributed by atoms with Gasteiger partial charge in [0.15, 0.2) is 9.84 Å². The second-order valence-electron chi connectivity index (χ2n) is 4.54. The number of carbonyl (C=O) groups excluding carboxylic acids is 1. The summed E-state index contributed by atoms with van der Waals surface area (Å²) in [6, 6.07) is 11.2. The first-order valence-electron chi connectivity index (χ1n) is 6.31. The maximum atomic E-state index is 12.1. The number of anilines is 1. The minimum Gasteiger partial charge on any atom is -0.325 e. The van der Waals surface area contributed by atoms with Gasteiger partial charge < -0.3 is 5.32 Å². The standard InChI is InChI=1S/C14H11ClN2O5S/c15-12-7-6-10(8-13(12)17(19)20)16-14(18)9-23(21,22)11-4-2-1-3-5-11/h1-8H,9H2,(H,16,18). The number of benzene rings is 2. The predicted octanol–water partition coefficient (Wildman–Crippen LogP) is 2.66. The van der Waals surface area contributed by atoms with Crippen LogP contribution in [0.2, 0.25) is 5.02 Å². The maximum Gasteiger partial charge on any atom is 0.289 e. The number of nitrogens with zero attached hydrogens (tertiary/aromatic N) is 1. The monoisotopic (exact) mass is 354 g/mol. The van der Waals surface area contributed by atoms with E-state index in [1.54, 1.807) is 18.2 Å². The fraction of sp³-hybridized carbons (Fsp3) is 0.0714. The first-order chi connectivity index (χ1) is 10.8. The SMILES string of the molecule is O=C(CS(=O)(=O)c1ccccc1)Nc1ccc(Cl)c([N+](=O)[O-])c1. The third kappa shape index (κ3) is 4.27. The number of hydrogen-bond donors (Lipinski definition) is 1. The molecule has 0 saturated carbocycles. The number of rotatable bonds is 5. The van der Waals surface area contributed by atoms with Crippen molar-refractivity contribution in [2.24, 2.45) is 0 Å². The molecule has 1 amide bonds. The highest BCUT2D eigenvalue weighted by atomic mass is 35.5. The Bertz CT molecular complexity index is 853. The van der Waals surface area contributed by atoms with Crippen LogP contribution < -0.4 is 5.32 Å². The van der Waals surface area contributed by atoms with Crippen LogP contribution in [0.3, 0.4) is 0 Å². The molecule has 0 aliphatic carbocycles. The summed E-state index contributed by atoms with van der Waals surface area (Å²) in [6.45, 7) is 0. The van der Waals surface area contributed by atoms with E-state index in [4.69, 9.17) is 11.6 Å². The van der Waals surface area contributed by atoms with Crippen LogP contribution in [0.5, 0.6) is 0 Å². The highest BCUT2D eigenvalue weighted by molar-refractivity contribution is 7.92. The van der Waals surface area contributed by atoms with Crippen LogP contribution in [0, 0.1) is 10.1 Å². The number of nitro benzene ring substituents is 1. The Morgan fingerprint density at radius 3 is 2.43 bits per heavy atom. The molecular weight excluding hydrogens is 344 g/mol. The second-order valence-corrected chi connectivity index (χ2v) is 6.94. The average Bonchev–Trinajstić information content (AvgIpc) is 2.49. The largest absolute Gasteiger partial charge is 0.325 e. The molecule has 9 heteroatoms. The Hall–Kier alpha value is -2.45. The van der Waals surface area contributed by atoms with Crippen molar-refractivity contribution >= 4 is 38.7 Å². The van der Waals surface area contributed by atoms with Gasteiger partial charge in [0.2, 0.25) is 5.91 Å². The van der Waals surface area contributed by atoms with Crippen molar-refractivity contribution < 1.29 is 18.1 Å².